The topological polar surface area (TPSA) is 0 Å². The zero-order valence-corrected chi connectivity index (χ0v) is 24.8. The normalized spacial score (nSPS) is 12.0. The van der Waals surface area contributed by atoms with Gasteiger partial charge in [0.2, 0.25) is 6.17 Å². The smallest absolute Gasteiger partial charge is 0.213 e. The van der Waals surface area contributed by atoms with Crippen LogP contribution in [0.3, 0.4) is 0 Å². The quantitative estimate of drug-likeness (QED) is 0.110. The zero-order chi connectivity index (χ0) is 24.1. The first-order valence-corrected chi connectivity index (χ1v) is 14.9. The molecule has 0 amide bonds. The molecule has 0 spiro atoms. The molecule has 0 unspecified atom stereocenters. The highest BCUT2D eigenvalue weighted by Crippen LogP contribution is 2.20. The van der Waals surface area contributed by atoms with Gasteiger partial charge in [-0.05, 0) is 25.7 Å². The van der Waals surface area contributed by atoms with E-state index in [-0.39, 0.29) is 9.41 Å². The summed E-state index contributed by atoms with van der Waals surface area (Å²) in [4.78, 5) is 0. The maximum atomic E-state index is 2.49. The van der Waals surface area contributed by atoms with Crippen LogP contribution >= 0.6 is 0 Å². The summed E-state index contributed by atoms with van der Waals surface area (Å²) in [6, 6.07) is 0. The van der Waals surface area contributed by atoms with Crippen LogP contribution in [0.5, 0.6) is 0 Å². The summed E-state index contributed by atoms with van der Waals surface area (Å²) in [5.74, 6) is 0. The Labute approximate surface area is 215 Å². The van der Waals surface area contributed by atoms with Crippen molar-refractivity contribution in [2.24, 2.45) is 0 Å². The number of unbranched alkanes of at least 4 members (excludes halogenated alkanes) is 18. The third kappa shape index (κ3) is 21.1. The van der Waals surface area contributed by atoms with Gasteiger partial charge in [-0.15, -0.1) is 0 Å². The summed E-state index contributed by atoms with van der Waals surface area (Å²) in [5.41, 5.74) is 0. The molecule has 0 N–H and O–H groups in total. The maximum Gasteiger partial charge on any atom is 0.213 e. The third-order valence-corrected chi connectivity index (χ3v) is 8.20. The van der Waals surface area contributed by atoms with E-state index < -0.39 is 0 Å². The average molecular weight is 493 g/mol. The van der Waals surface area contributed by atoms with Gasteiger partial charge >= 0.3 is 0 Å². The molecular formula is C30H66F2N2. The molecule has 0 aliphatic carbocycles. The van der Waals surface area contributed by atoms with Gasteiger partial charge in [0.05, 0.1) is 41.3 Å². The van der Waals surface area contributed by atoms with Gasteiger partial charge in [-0.3, -0.25) is 8.97 Å². The standard InChI is InChI=1S/C30H66N2.2FH/c1-8-10-12-14-16-18-20-22-24-26-28-31(4,5)30(3)32(6,7)29-27-25-23-21-19-17-15-13-11-9-2;;/h30H,8-29H2,1-7H3;2*1H/q+2;;/p-2. The summed E-state index contributed by atoms with van der Waals surface area (Å²) >= 11 is 0. The number of hydrogen-bond donors (Lipinski definition) is 0. The van der Waals surface area contributed by atoms with Crippen LogP contribution in [0.2, 0.25) is 0 Å². The number of hydrogen-bond acceptors (Lipinski definition) is 0. The van der Waals surface area contributed by atoms with Gasteiger partial charge in [0.1, 0.15) is 0 Å². The molecule has 0 aromatic rings. The van der Waals surface area contributed by atoms with Gasteiger partial charge in [-0.2, -0.15) is 0 Å². The highest BCUT2D eigenvalue weighted by atomic mass is 19.0. The van der Waals surface area contributed by atoms with E-state index in [0.717, 1.165) is 0 Å². The molecule has 4 heteroatoms. The van der Waals surface area contributed by atoms with E-state index in [1.807, 2.05) is 0 Å². The molecule has 0 aliphatic rings. The fourth-order valence-electron chi connectivity index (χ4n) is 5.23. The summed E-state index contributed by atoms with van der Waals surface area (Å²) < 4.78 is 2.34. The second-order valence-electron chi connectivity index (χ2n) is 12.0. The average Bonchev–Trinajstić information content (AvgIpc) is 2.75. The van der Waals surface area contributed by atoms with E-state index in [4.69, 9.17) is 0 Å². The van der Waals surface area contributed by atoms with Crippen molar-refractivity contribution >= 4 is 0 Å². The van der Waals surface area contributed by atoms with Gasteiger partial charge in [0, 0.05) is 6.92 Å². The van der Waals surface area contributed by atoms with Crippen LogP contribution in [0.1, 0.15) is 149 Å². The molecule has 0 aromatic heterocycles. The van der Waals surface area contributed by atoms with E-state index in [0.29, 0.717) is 6.17 Å². The highest BCUT2D eigenvalue weighted by molar-refractivity contribution is 4.50. The van der Waals surface area contributed by atoms with E-state index in [9.17, 15) is 0 Å². The lowest BCUT2D eigenvalue weighted by Gasteiger charge is -2.45. The fourth-order valence-corrected chi connectivity index (χ4v) is 5.23. The first-order chi connectivity index (χ1) is 15.3. The second kappa shape index (κ2) is 24.5. The van der Waals surface area contributed by atoms with E-state index in [1.165, 1.54) is 150 Å². The van der Waals surface area contributed by atoms with Crippen LogP contribution in [0, 0.1) is 0 Å². The summed E-state index contributed by atoms with van der Waals surface area (Å²) in [6.45, 7) is 9.76. The van der Waals surface area contributed by atoms with Gasteiger partial charge in [0.25, 0.3) is 0 Å². The minimum atomic E-state index is 0. The van der Waals surface area contributed by atoms with Gasteiger partial charge < -0.3 is 9.41 Å². The van der Waals surface area contributed by atoms with Crippen molar-refractivity contribution in [2.75, 3.05) is 41.3 Å². The van der Waals surface area contributed by atoms with Crippen molar-refractivity contribution in [2.45, 2.75) is 155 Å². The Hall–Kier alpha value is -0.220. The van der Waals surface area contributed by atoms with Gasteiger partial charge in [-0.1, -0.05) is 117 Å². The first kappa shape index (κ1) is 38.3. The number of quaternary nitrogens is 2. The number of halogens is 2. The van der Waals surface area contributed by atoms with Crippen molar-refractivity contribution < 1.29 is 18.4 Å². The van der Waals surface area contributed by atoms with Crippen LogP contribution in [-0.2, 0) is 0 Å². The minimum Gasteiger partial charge on any atom is -1.00 e. The molecule has 34 heavy (non-hydrogen) atoms. The molecule has 0 saturated carbocycles. The van der Waals surface area contributed by atoms with E-state index >= 15 is 0 Å². The highest BCUT2D eigenvalue weighted by Gasteiger charge is 2.36. The Kier molecular flexibility index (Phi) is 27.6. The predicted molar refractivity (Wildman–Crippen MR) is 147 cm³/mol. The van der Waals surface area contributed by atoms with Crippen LogP contribution in [0.4, 0.5) is 0 Å². The third-order valence-electron chi connectivity index (χ3n) is 8.20. The molecule has 0 heterocycles. The van der Waals surface area contributed by atoms with Crippen molar-refractivity contribution in [3.63, 3.8) is 0 Å². The van der Waals surface area contributed by atoms with Crippen LogP contribution in [-0.4, -0.2) is 56.4 Å². The molecule has 0 saturated heterocycles. The Bertz CT molecular complexity index is 363. The molecule has 210 valence electrons. The molecule has 2 nitrogen and oxygen atoms in total. The van der Waals surface area contributed by atoms with Crippen LogP contribution < -0.4 is 9.41 Å². The molecule has 0 fully saturated rings. The van der Waals surface area contributed by atoms with Crippen molar-refractivity contribution in [3.05, 3.63) is 0 Å². The lowest BCUT2D eigenvalue weighted by Crippen LogP contribution is -3.00. The molecular weight excluding hydrogens is 426 g/mol. The minimum absolute atomic E-state index is 0. The molecule has 0 radical (unpaired) electrons. The zero-order valence-electron chi connectivity index (χ0n) is 24.8. The monoisotopic (exact) mass is 493 g/mol. The maximum absolute atomic E-state index is 2.49. The Morgan fingerprint density at radius 1 is 0.382 bits per heavy atom. The number of nitrogens with zero attached hydrogens (tertiary/aromatic N) is 2. The van der Waals surface area contributed by atoms with Crippen molar-refractivity contribution in [3.8, 4) is 0 Å². The first-order valence-electron chi connectivity index (χ1n) is 14.9. The fraction of sp³-hybridized carbons (Fsp3) is 1.00. The summed E-state index contributed by atoms with van der Waals surface area (Å²) in [5, 5.41) is 0. The lowest BCUT2D eigenvalue weighted by molar-refractivity contribution is -1.10. The molecule has 0 rings (SSSR count). The van der Waals surface area contributed by atoms with Crippen LogP contribution in [0.15, 0.2) is 0 Å². The molecule has 0 bridgehead atoms. The summed E-state index contributed by atoms with van der Waals surface area (Å²) in [7, 11) is 9.88. The van der Waals surface area contributed by atoms with Crippen LogP contribution in [0.25, 0.3) is 0 Å². The van der Waals surface area contributed by atoms with Crippen molar-refractivity contribution in [1.29, 1.82) is 0 Å². The Balaban J connectivity index is -0.00000480. The SMILES string of the molecule is CCCCCCCCCCCC[N+](C)(C)C(C)[N+](C)(C)CCCCCCCCCCCC.[F-].[F-]. The summed E-state index contributed by atoms with van der Waals surface area (Å²) in [6.07, 6.45) is 29.4. The largest absolute Gasteiger partial charge is 1.00 e. The lowest BCUT2D eigenvalue weighted by atomic mass is 10.1. The predicted octanol–water partition coefficient (Wildman–Crippen LogP) is 3.34. The Morgan fingerprint density at radius 3 is 0.824 bits per heavy atom. The van der Waals surface area contributed by atoms with Crippen molar-refractivity contribution in [1.82, 2.24) is 0 Å². The number of rotatable bonds is 24. The van der Waals surface area contributed by atoms with E-state index in [1.54, 1.807) is 0 Å². The van der Waals surface area contributed by atoms with E-state index in [2.05, 4.69) is 49.0 Å². The molecule has 0 aliphatic heterocycles. The van der Waals surface area contributed by atoms with Gasteiger partial charge in [-0.25, -0.2) is 0 Å². The second-order valence-corrected chi connectivity index (χ2v) is 12.0. The molecule has 0 aromatic carbocycles. The van der Waals surface area contributed by atoms with Gasteiger partial charge in [0.15, 0.2) is 0 Å². The Morgan fingerprint density at radius 2 is 0.588 bits per heavy atom. The molecule has 0 atom stereocenters.